The van der Waals surface area contributed by atoms with E-state index in [1.165, 1.54) is 28.3 Å². The van der Waals surface area contributed by atoms with Crippen LogP contribution >= 0.6 is 0 Å². The number of fused-ring (bicyclic) bond motifs is 3. The quantitative estimate of drug-likeness (QED) is 0.516. The number of carbonyl (C=O) groups excluding carboxylic acids is 1. The monoisotopic (exact) mass is 398 g/mol. The van der Waals surface area contributed by atoms with Crippen molar-refractivity contribution in [3.8, 4) is 23.0 Å². The normalized spacial score (nSPS) is 11.8. The minimum Gasteiger partial charge on any atom is -0.449 e. The Labute approximate surface area is 175 Å². The van der Waals surface area contributed by atoms with Crippen molar-refractivity contribution >= 4 is 6.09 Å². The molecular formula is C25H22N2O3. The standard InChI is InChI=1S/C25H22N2O3/c1-17-14-24(28)27-15-18(17)8-6-7-13-26-25(29)30-16-23-21-11-4-2-9-19(21)20-10-3-5-12-22(20)23/h2-5,9-12,14-15,23H,7,13,16H2,1H3,(H,26,29)(H,27,28). The number of aryl methyl sites for hydroxylation is 1. The largest absolute Gasteiger partial charge is 0.449 e. The summed E-state index contributed by atoms with van der Waals surface area (Å²) in [5, 5.41) is 2.74. The molecule has 1 aromatic heterocycles. The second-order valence-electron chi connectivity index (χ2n) is 7.20. The van der Waals surface area contributed by atoms with Crippen LogP contribution in [0, 0.1) is 18.8 Å². The zero-order valence-corrected chi connectivity index (χ0v) is 16.7. The van der Waals surface area contributed by atoms with Crippen LogP contribution in [-0.2, 0) is 4.74 Å². The fourth-order valence-corrected chi connectivity index (χ4v) is 3.74. The van der Waals surface area contributed by atoms with Gasteiger partial charge in [0.2, 0.25) is 5.56 Å². The Kier molecular flexibility index (Phi) is 5.67. The first-order valence-electron chi connectivity index (χ1n) is 9.90. The molecule has 0 saturated heterocycles. The van der Waals surface area contributed by atoms with Gasteiger partial charge in [0.25, 0.3) is 0 Å². The van der Waals surface area contributed by atoms with E-state index in [0.717, 1.165) is 11.1 Å². The van der Waals surface area contributed by atoms with Crippen LogP contribution in [0.15, 0.2) is 65.6 Å². The van der Waals surface area contributed by atoms with Crippen molar-refractivity contribution in [2.45, 2.75) is 19.3 Å². The van der Waals surface area contributed by atoms with Crippen LogP contribution in [0.4, 0.5) is 4.79 Å². The number of benzene rings is 2. The first kappa shape index (κ1) is 19.5. The fraction of sp³-hybridized carbons (Fsp3) is 0.200. The smallest absolute Gasteiger partial charge is 0.407 e. The summed E-state index contributed by atoms with van der Waals surface area (Å²) >= 11 is 0. The molecule has 0 atom stereocenters. The van der Waals surface area contributed by atoms with Gasteiger partial charge in [-0.15, -0.1) is 0 Å². The Bertz CT molecular complexity index is 1160. The Morgan fingerprint density at radius 1 is 1.10 bits per heavy atom. The van der Waals surface area contributed by atoms with Gasteiger partial charge in [0.05, 0.1) is 0 Å². The molecule has 5 heteroatoms. The maximum atomic E-state index is 12.1. The lowest BCUT2D eigenvalue weighted by Gasteiger charge is -2.14. The second kappa shape index (κ2) is 8.71. The molecule has 0 spiro atoms. The lowest BCUT2D eigenvalue weighted by atomic mass is 9.98. The molecule has 1 aliphatic carbocycles. The Balaban J connectivity index is 1.30. The third kappa shape index (κ3) is 4.13. The van der Waals surface area contributed by atoms with Crippen molar-refractivity contribution in [3.63, 3.8) is 0 Å². The van der Waals surface area contributed by atoms with E-state index in [9.17, 15) is 9.59 Å². The minimum atomic E-state index is -0.445. The Morgan fingerprint density at radius 2 is 1.77 bits per heavy atom. The Morgan fingerprint density at radius 3 is 2.43 bits per heavy atom. The van der Waals surface area contributed by atoms with Crippen molar-refractivity contribution < 1.29 is 9.53 Å². The summed E-state index contributed by atoms with van der Waals surface area (Å²) < 4.78 is 5.50. The second-order valence-corrected chi connectivity index (χ2v) is 7.20. The molecule has 3 aromatic rings. The molecule has 0 radical (unpaired) electrons. The van der Waals surface area contributed by atoms with Gasteiger partial charge in [0.15, 0.2) is 0 Å². The van der Waals surface area contributed by atoms with Crippen LogP contribution in [0.2, 0.25) is 0 Å². The fourth-order valence-electron chi connectivity index (χ4n) is 3.74. The van der Waals surface area contributed by atoms with Crippen LogP contribution in [-0.4, -0.2) is 24.2 Å². The van der Waals surface area contributed by atoms with Crippen molar-refractivity contribution in [1.29, 1.82) is 0 Å². The number of hydrogen-bond acceptors (Lipinski definition) is 3. The van der Waals surface area contributed by atoms with Crippen molar-refractivity contribution in [3.05, 3.63) is 93.4 Å². The van der Waals surface area contributed by atoms with Gasteiger partial charge in [-0.1, -0.05) is 60.4 Å². The van der Waals surface area contributed by atoms with Gasteiger partial charge in [-0.25, -0.2) is 4.79 Å². The maximum absolute atomic E-state index is 12.1. The van der Waals surface area contributed by atoms with Crippen LogP contribution in [0.25, 0.3) is 11.1 Å². The molecule has 1 amide bonds. The van der Waals surface area contributed by atoms with Gasteiger partial charge in [0, 0.05) is 36.7 Å². The molecule has 1 aliphatic rings. The number of ether oxygens (including phenoxy) is 1. The van der Waals surface area contributed by atoms with Gasteiger partial charge in [-0.3, -0.25) is 4.79 Å². The summed E-state index contributed by atoms with van der Waals surface area (Å²) in [7, 11) is 0. The van der Waals surface area contributed by atoms with Crippen molar-refractivity contribution in [1.82, 2.24) is 10.3 Å². The topological polar surface area (TPSA) is 71.2 Å². The third-order valence-corrected chi connectivity index (χ3v) is 5.22. The van der Waals surface area contributed by atoms with Crippen molar-refractivity contribution in [2.24, 2.45) is 0 Å². The van der Waals surface area contributed by atoms with E-state index in [-0.39, 0.29) is 11.5 Å². The number of aromatic nitrogens is 1. The van der Waals surface area contributed by atoms with Crippen LogP contribution < -0.4 is 10.9 Å². The van der Waals surface area contributed by atoms with Crippen LogP contribution in [0.3, 0.4) is 0 Å². The lowest BCUT2D eigenvalue weighted by molar-refractivity contribution is 0.143. The number of nitrogens with one attached hydrogen (secondary N) is 2. The number of amides is 1. The highest BCUT2D eigenvalue weighted by molar-refractivity contribution is 5.79. The van der Waals surface area contributed by atoms with E-state index in [0.29, 0.717) is 19.6 Å². The number of H-pyrrole nitrogens is 1. The summed E-state index contributed by atoms with van der Waals surface area (Å²) in [6.45, 7) is 2.53. The van der Waals surface area contributed by atoms with E-state index in [1.807, 2.05) is 31.2 Å². The highest BCUT2D eigenvalue weighted by atomic mass is 16.5. The van der Waals surface area contributed by atoms with E-state index < -0.39 is 6.09 Å². The highest BCUT2D eigenvalue weighted by Gasteiger charge is 2.28. The van der Waals surface area contributed by atoms with Gasteiger partial charge in [-0.2, -0.15) is 0 Å². The van der Waals surface area contributed by atoms with Gasteiger partial charge in [-0.05, 0) is 34.7 Å². The SMILES string of the molecule is Cc1cc(=O)[nH]cc1C#CCCNC(=O)OCC1c2ccccc2-c2ccccc21. The van der Waals surface area contributed by atoms with Crippen molar-refractivity contribution in [2.75, 3.05) is 13.2 Å². The summed E-state index contributed by atoms with van der Waals surface area (Å²) in [6.07, 6.45) is 1.64. The Hall–Kier alpha value is -3.78. The molecule has 0 aliphatic heterocycles. The zero-order valence-electron chi connectivity index (χ0n) is 16.7. The molecule has 1 heterocycles. The number of alkyl carbamates (subject to hydrolysis) is 1. The van der Waals surface area contributed by atoms with Gasteiger partial charge >= 0.3 is 6.09 Å². The van der Waals surface area contributed by atoms with E-state index >= 15 is 0 Å². The molecule has 0 bridgehead atoms. The molecule has 5 nitrogen and oxygen atoms in total. The molecule has 2 N–H and O–H groups in total. The molecule has 0 saturated carbocycles. The first-order valence-corrected chi connectivity index (χ1v) is 9.90. The average Bonchev–Trinajstić information content (AvgIpc) is 3.07. The third-order valence-electron chi connectivity index (χ3n) is 5.22. The average molecular weight is 398 g/mol. The van der Waals surface area contributed by atoms with Gasteiger partial charge < -0.3 is 15.0 Å². The molecule has 0 fully saturated rings. The summed E-state index contributed by atoms with van der Waals surface area (Å²) in [6, 6.07) is 18.0. The zero-order chi connectivity index (χ0) is 20.9. The highest BCUT2D eigenvalue weighted by Crippen LogP contribution is 2.44. The van der Waals surface area contributed by atoms with E-state index in [4.69, 9.17) is 4.74 Å². The molecule has 150 valence electrons. The number of carbonyl (C=O) groups is 1. The first-order chi connectivity index (χ1) is 14.6. The summed E-state index contributed by atoms with van der Waals surface area (Å²) in [5.74, 6) is 6.05. The maximum Gasteiger partial charge on any atom is 0.407 e. The van der Waals surface area contributed by atoms with E-state index in [2.05, 4.69) is 46.4 Å². The summed E-state index contributed by atoms with van der Waals surface area (Å²) in [4.78, 5) is 26.0. The van der Waals surface area contributed by atoms with Crippen LogP contribution in [0.1, 0.15) is 34.6 Å². The number of aromatic amines is 1. The summed E-state index contributed by atoms with van der Waals surface area (Å²) in [5.41, 5.74) is 6.24. The van der Waals surface area contributed by atoms with Crippen LogP contribution in [0.5, 0.6) is 0 Å². The number of rotatable bonds is 4. The minimum absolute atomic E-state index is 0.0474. The predicted molar refractivity (Wildman–Crippen MR) is 116 cm³/mol. The molecular weight excluding hydrogens is 376 g/mol. The van der Waals surface area contributed by atoms with Gasteiger partial charge in [0.1, 0.15) is 6.61 Å². The number of pyridine rings is 1. The molecule has 2 aromatic carbocycles. The number of hydrogen-bond donors (Lipinski definition) is 2. The molecule has 4 rings (SSSR count). The molecule has 0 unspecified atom stereocenters. The predicted octanol–water partition coefficient (Wildman–Crippen LogP) is 3.96. The molecule has 30 heavy (non-hydrogen) atoms. The lowest BCUT2D eigenvalue weighted by Crippen LogP contribution is -2.26. The van der Waals surface area contributed by atoms with E-state index in [1.54, 1.807) is 6.20 Å².